The molecule has 0 aliphatic carbocycles. The van der Waals surface area contributed by atoms with E-state index in [4.69, 9.17) is 16.3 Å². The number of rotatable bonds is 4. The van der Waals surface area contributed by atoms with Gasteiger partial charge >= 0.3 is 5.97 Å². The van der Waals surface area contributed by atoms with Gasteiger partial charge in [-0.25, -0.2) is 0 Å². The molecule has 0 bridgehead atoms. The molecule has 116 valence electrons. The third kappa shape index (κ3) is 3.36. The van der Waals surface area contributed by atoms with Crippen molar-refractivity contribution in [2.24, 2.45) is 5.41 Å². The number of hydrogen-bond acceptors (Lipinski definition) is 4. The molecule has 0 saturated carbocycles. The lowest BCUT2D eigenvalue weighted by atomic mass is 9.86. The van der Waals surface area contributed by atoms with Crippen molar-refractivity contribution in [1.82, 2.24) is 9.55 Å². The molecule has 0 radical (unpaired) electrons. The maximum Gasteiger partial charge on any atom is 0.311 e. The predicted molar refractivity (Wildman–Crippen MR) is 84.3 cm³/mol. The van der Waals surface area contributed by atoms with Crippen LogP contribution in [0.2, 0.25) is 5.15 Å². The van der Waals surface area contributed by atoms with Crippen LogP contribution in [-0.4, -0.2) is 22.6 Å². The summed E-state index contributed by atoms with van der Waals surface area (Å²) in [4.78, 5) is 28.1. The molecule has 0 atom stereocenters. The molecule has 0 fully saturated rings. The van der Waals surface area contributed by atoms with Crippen LogP contribution < -0.4 is 5.56 Å². The van der Waals surface area contributed by atoms with Gasteiger partial charge in [-0.15, -0.1) is 0 Å². The Morgan fingerprint density at radius 3 is 2.68 bits per heavy atom. The molecule has 0 unspecified atom stereocenters. The average Bonchev–Trinajstić information content (AvgIpc) is 2.46. The van der Waals surface area contributed by atoms with E-state index in [1.54, 1.807) is 44.4 Å². The maximum absolute atomic E-state index is 12.3. The minimum absolute atomic E-state index is 0.267. The second kappa shape index (κ2) is 6.32. The number of aromatic nitrogens is 2. The molecule has 2 aromatic rings. The highest BCUT2D eigenvalue weighted by atomic mass is 35.5. The number of nitrogens with zero attached hydrogens (tertiary/aromatic N) is 2. The highest BCUT2D eigenvalue weighted by molar-refractivity contribution is 6.29. The molecule has 0 aliphatic heterocycles. The van der Waals surface area contributed by atoms with Crippen molar-refractivity contribution in [2.75, 3.05) is 7.11 Å². The molecule has 2 heterocycles. The van der Waals surface area contributed by atoms with Crippen LogP contribution >= 0.6 is 11.6 Å². The number of halogens is 1. The molecule has 22 heavy (non-hydrogen) atoms. The summed E-state index contributed by atoms with van der Waals surface area (Å²) in [6.45, 7) is 3.53. The Balaban J connectivity index is 2.40. The lowest BCUT2D eigenvalue weighted by Gasteiger charge is -2.21. The first kappa shape index (κ1) is 16.2. The topological polar surface area (TPSA) is 61.2 Å². The van der Waals surface area contributed by atoms with Gasteiger partial charge in [0, 0.05) is 12.3 Å². The lowest BCUT2D eigenvalue weighted by Crippen LogP contribution is -2.29. The van der Waals surface area contributed by atoms with Gasteiger partial charge in [0.1, 0.15) is 5.15 Å². The SMILES string of the molecule is COC(=O)C(C)(C)Cc1cc(Cl)n(-c2cccnc2)c(=O)c1. The number of carbonyl (C=O) groups excluding carboxylic acids is 1. The third-order valence-electron chi connectivity index (χ3n) is 3.34. The number of pyridine rings is 2. The fourth-order valence-electron chi connectivity index (χ4n) is 2.29. The number of ether oxygens (including phenoxy) is 1. The van der Waals surface area contributed by atoms with Crippen molar-refractivity contribution in [3.8, 4) is 5.69 Å². The van der Waals surface area contributed by atoms with Crippen LogP contribution in [0.5, 0.6) is 0 Å². The monoisotopic (exact) mass is 320 g/mol. The predicted octanol–water partition coefficient (Wildman–Crippen LogP) is 2.63. The van der Waals surface area contributed by atoms with Gasteiger partial charge in [0.25, 0.3) is 5.56 Å². The first-order valence-corrected chi connectivity index (χ1v) is 7.13. The fourth-order valence-corrected chi connectivity index (χ4v) is 2.61. The molecule has 0 aliphatic rings. The minimum atomic E-state index is -0.731. The van der Waals surface area contributed by atoms with E-state index in [1.165, 1.54) is 17.7 Å². The molecule has 6 heteroatoms. The second-order valence-electron chi connectivity index (χ2n) is 5.62. The molecule has 0 aromatic carbocycles. The van der Waals surface area contributed by atoms with Gasteiger partial charge in [-0.2, -0.15) is 0 Å². The first-order chi connectivity index (χ1) is 10.3. The van der Waals surface area contributed by atoms with E-state index in [0.717, 1.165) is 0 Å². The molecule has 0 amide bonds. The van der Waals surface area contributed by atoms with Gasteiger partial charge in [0.05, 0.1) is 24.4 Å². The van der Waals surface area contributed by atoms with Crippen LogP contribution in [0.25, 0.3) is 5.69 Å². The van der Waals surface area contributed by atoms with E-state index in [9.17, 15) is 9.59 Å². The van der Waals surface area contributed by atoms with E-state index < -0.39 is 5.41 Å². The average molecular weight is 321 g/mol. The van der Waals surface area contributed by atoms with E-state index >= 15 is 0 Å². The van der Waals surface area contributed by atoms with Gasteiger partial charge in [0.15, 0.2) is 0 Å². The largest absolute Gasteiger partial charge is 0.469 e. The molecular weight excluding hydrogens is 304 g/mol. The lowest BCUT2D eigenvalue weighted by molar-refractivity contribution is -0.150. The van der Waals surface area contributed by atoms with Crippen molar-refractivity contribution in [3.63, 3.8) is 0 Å². The van der Waals surface area contributed by atoms with Gasteiger partial charge in [-0.05, 0) is 44.0 Å². The maximum atomic E-state index is 12.3. The van der Waals surface area contributed by atoms with Gasteiger partial charge in [-0.3, -0.25) is 19.1 Å². The van der Waals surface area contributed by atoms with E-state index in [2.05, 4.69) is 4.98 Å². The summed E-state index contributed by atoms with van der Waals surface area (Å²) in [6.07, 6.45) is 3.55. The summed E-state index contributed by atoms with van der Waals surface area (Å²) in [5, 5.41) is 0.274. The van der Waals surface area contributed by atoms with Crippen LogP contribution in [0.1, 0.15) is 19.4 Å². The van der Waals surface area contributed by atoms with Crippen LogP contribution in [-0.2, 0) is 16.0 Å². The zero-order valence-electron chi connectivity index (χ0n) is 12.7. The summed E-state index contributed by atoms with van der Waals surface area (Å²) >= 11 is 6.23. The van der Waals surface area contributed by atoms with E-state index in [1.807, 2.05) is 0 Å². The standard InChI is InChI=1S/C16H17ClN2O3/c1-16(2,15(21)22-3)9-11-7-13(17)19(14(20)8-11)12-5-4-6-18-10-12/h4-8,10H,9H2,1-3H3. The number of carbonyl (C=O) groups is 1. The molecule has 5 nitrogen and oxygen atoms in total. The van der Waals surface area contributed by atoms with Crippen molar-refractivity contribution in [2.45, 2.75) is 20.3 Å². The summed E-state index contributed by atoms with van der Waals surface area (Å²) in [6, 6.07) is 6.63. The second-order valence-corrected chi connectivity index (χ2v) is 6.01. The smallest absolute Gasteiger partial charge is 0.311 e. The summed E-state index contributed by atoms with van der Waals surface area (Å²) in [7, 11) is 1.34. The zero-order valence-corrected chi connectivity index (χ0v) is 13.4. The molecule has 0 saturated heterocycles. The summed E-state index contributed by atoms with van der Waals surface area (Å²) < 4.78 is 6.14. The van der Waals surface area contributed by atoms with Crippen LogP contribution in [0, 0.1) is 5.41 Å². The van der Waals surface area contributed by atoms with Gasteiger partial charge < -0.3 is 4.74 Å². The van der Waals surface area contributed by atoms with Crippen LogP contribution in [0.15, 0.2) is 41.5 Å². The van der Waals surface area contributed by atoms with Crippen LogP contribution in [0.4, 0.5) is 0 Å². The molecule has 0 N–H and O–H groups in total. The number of esters is 1. The highest BCUT2D eigenvalue weighted by Gasteiger charge is 2.29. The van der Waals surface area contributed by atoms with Crippen molar-refractivity contribution in [1.29, 1.82) is 0 Å². The fraction of sp³-hybridized carbons (Fsp3) is 0.312. The van der Waals surface area contributed by atoms with Crippen molar-refractivity contribution >= 4 is 17.6 Å². The Bertz CT molecular complexity index is 739. The summed E-state index contributed by atoms with van der Waals surface area (Å²) in [5.74, 6) is -0.333. The van der Waals surface area contributed by atoms with Gasteiger partial charge in [0.2, 0.25) is 0 Å². The zero-order chi connectivity index (χ0) is 16.3. The highest BCUT2D eigenvalue weighted by Crippen LogP contribution is 2.24. The van der Waals surface area contributed by atoms with E-state index in [0.29, 0.717) is 17.7 Å². The van der Waals surface area contributed by atoms with Crippen LogP contribution in [0.3, 0.4) is 0 Å². The molecule has 2 aromatic heterocycles. The van der Waals surface area contributed by atoms with E-state index in [-0.39, 0.29) is 16.7 Å². The Kier molecular flexibility index (Phi) is 4.66. The first-order valence-electron chi connectivity index (χ1n) is 6.75. The third-order valence-corrected chi connectivity index (χ3v) is 3.61. The van der Waals surface area contributed by atoms with Gasteiger partial charge in [-0.1, -0.05) is 11.6 Å². The quantitative estimate of drug-likeness (QED) is 0.642. The van der Waals surface area contributed by atoms with Crippen molar-refractivity contribution in [3.05, 3.63) is 57.7 Å². The normalized spacial score (nSPS) is 11.3. The Labute approximate surface area is 133 Å². The summed E-state index contributed by atoms with van der Waals surface area (Å²) in [5.41, 5.74) is 0.281. The molecule has 0 spiro atoms. The number of methoxy groups -OCH3 is 1. The van der Waals surface area contributed by atoms with Crippen molar-refractivity contribution < 1.29 is 9.53 Å². The molecular formula is C16H17ClN2O3. The minimum Gasteiger partial charge on any atom is -0.469 e. The number of hydrogen-bond donors (Lipinski definition) is 0. The Morgan fingerprint density at radius 2 is 2.14 bits per heavy atom. The Hall–Kier alpha value is -2.14. The molecule has 2 rings (SSSR count). The Morgan fingerprint density at radius 1 is 1.41 bits per heavy atom.